The van der Waals surface area contributed by atoms with Gasteiger partial charge in [0.2, 0.25) is 11.8 Å². The number of hydrogen-bond acceptors (Lipinski definition) is 3. The van der Waals surface area contributed by atoms with Crippen LogP contribution in [0.15, 0.2) is 23.0 Å². The van der Waals surface area contributed by atoms with Gasteiger partial charge in [0, 0.05) is 32.7 Å². The summed E-state index contributed by atoms with van der Waals surface area (Å²) in [6.07, 6.45) is -4.75. The van der Waals surface area contributed by atoms with Gasteiger partial charge in [-0.1, -0.05) is 0 Å². The van der Waals surface area contributed by atoms with Crippen molar-refractivity contribution >= 4 is 28.5 Å². The zero-order chi connectivity index (χ0) is 19.2. The van der Waals surface area contributed by atoms with E-state index in [4.69, 9.17) is 0 Å². The molecule has 2 heterocycles. The maximum absolute atomic E-state index is 12.5. The number of fused-ring (bicyclic) bond motifs is 1. The van der Waals surface area contributed by atoms with Gasteiger partial charge in [-0.15, -0.1) is 0 Å². The molecule has 1 fully saturated rings. The van der Waals surface area contributed by atoms with Gasteiger partial charge in [0.1, 0.15) is 6.54 Å². The van der Waals surface area contributed by atoms with Gasteiger partial charge >= 0.3 is 11.9 Å². The molecule has 2 aromatic rings. The number of halogens is 3. The van der Waals surface area contributed by atoms with Crippen molar-refractivity contribution in [1.29, 1.82) is 0 Å². The number of likely N-dealkylation sites (tertiary alicyclic amines) is 1. The Bertz CT molecular complexity index is 945. The average molecular weight is 370 g/mol. The Balaban J connectivity index is 1.74. The van der Waals surface area contributed by atoms with E-state index in [-0.39, 0.29) is 18.7 Å². The minimum absolute atomic E-state index is 0.215. The van der Waals surface area contributed by atoms with E-state index in [1.807, 2.05) is 0 Å². The number of carbonyl (C=O) groups is 2. The highest BCUT2D eigenvalue weighted by atomic mass is 19.4. The molecule has 1 aromatic heterocycles. The lowest BCUT2D eigenvalue weighted by molar-refractivity contribution is -0.157. The second-order valence-electron chi connectivity index (χ2n) is 6.38. The molecule has 1 aliphatic heterocycles. The third-order valence-corrected chi connectivity index (χ3v) is 4.49. The molecule has 3 rings (SSSR count). The fourth-order valence-electron chi connectivity index (χ4n) is 3.15. The Morgan fingerprint density at radius 3 is 2.50 bits per heavy atom. The number of alkyl halides is 3. The van der Waals surface area contributed by atoms with Gasteiger partial charge in [0.05, 0.1) is 17.0 Å². The fraction of sp³-hybridized carbons (Fsp3) is 0.438. The predicted octanol–water partition coefficient (Wildman–Crippen LogP) is 1.23. The van der Waals surface area contributed by atoms with Crippen LogP contribution in [0.25, 0.3) is 11.0 Å². The molecule has 140 valence electrons. The minimum Gasteiger partial charge on any atom is -0.333 e. The van der Waals surface area contributed by atoms with Crippen LogP contribution in [0.3, 0.4) is 0 Å². The number of imidazole rings is 1. The van der Waals surface area contributed by atoms with Crippen LogP contribution in [0, 0.1) is 5.92 Å². The van der Waals surface area contributed by atoms with Gasteiger partial charge in [0.15, 0.2) is 0 Å². The number of amides is 2. The van der Waals surface area contributed by atoms with Crippen LogP contribution in [0.5, 0.6) is 0 Å². The van der Waals surface area contributed by atoms with Crippen molar-refractivity contribution in [1.82, 2.24) is 14.0 Å². The van der Waals surface area contributed by atoms with Gasteiger partial charge in [-0.2, -0.15) is 13.2 Å². The molecule has 1 aliphatic rings. The van der Waals surface area contributed by atoms with E-state index in [9.17, 15) is 27.6 Å². The maximum atomic E-state index is 12.5. The number of benzene rings is 1. The van der Waals surface area contributed by atoms with Crippen molar-refractivity contribution in [3.63, 3.8) is 0 Å². The highest BCUT2D eigenvalue weighted by Crippen LogP contribution is 2.25. The first-order chi connectivity index (χ1) is 12.1. The first-order valence-electron chi connectivity index (χ1n) is 7.87. The molecule has 1 N–H and O–H groups in total. The SMILES string of the molecule is Cn1c(=O)n(C)c2cc(NC(=O)C3CC(=O)N(CC(F)(F)F)C3)ccc21. The van der Waals surface area contributed by atoms with Crippen LogP contribution in [0.2, 0.25) is 0 Å². The summed E-state index contributed by atoms with van der Waals surface area (Å²) in [5, 5.41) is 2.61. The summed E-state index contributed by atoms with van der Waals surface area (Å²) in [5.74, 6) is -2.06. The standard InChI is InChI=1S/C16H17F3N4O3/c1-21-11-4-3-10(6-12(11)22(2)15(21)26)20-14(25)9-5-13(24)23(7-9)8-16(17,18)19/h3-4,6,9H,5,7-8H2,1-2H3,(H,20,25). The van der Waals surface area contributed by atoms with Crippen molar-refractivity contribution in [3.05, 3.63) is 28.7 Å². The molecule has 10 heteroatoms. The molecule has 0 spiro atoms. The van der Waals surface area contributed by atoms with Gasteiger partial charge in [0.25, 0.3) is 0 Å². The molecule has 0 radical (unpaired) electrons. The minimum atomic E-state index is -4.50. The van der Waals surface area contributed by atoms with Crippen LogP contribution in [-0.2, 0) is 23.7 Å². The molecule has 0 saturated carbocycles. The highest BCUT2D eigenvalue weighted by Gasteiger charge is 2.40. The molecule has 1 saturated heterocycles. The van der Waals surface area contributed by atoms with Gasteiger partial charge < -0.3 is 10.2 Å². The Labute approximate surface area is 146 Å². The predicted molar refractivity (Wildman–Crippen MR) is 87.5 cm³/mol. The highest BCUT2D eigenvalue weighted by molar-refractivity contribution is 5.98. The largest absolute Gasteiger partial charge is 0.406 e. The Kier molecular flexibility index (Phi) is 4.29. The Hall–Kier alpha value is -2.78. The van der Waals surface area contributed by atoms with Gasteiger partial charge in [-0.3, -0.25) is 18.7 Å². The molecular weight excluding hydrogens is 353 g/mol. The van der Waals surface area contributed by atoms with Gasteiger partial charge in [-0.05, 0) is 18.2 Å². The Morgan fingerprint density at radius 1 is 1.19 bits per heavy atom. The van der Waals surface area contributed by atoms with E-state index in [1.165, 1.54) is 9.13 Å². The van der Waals surface area contributed by atoms with Crippen molar-refractivity contribution in [2.75, 3.05) is 18.4 Å². The third kappa shape index (κ3) is 3.31. The van der Waals surface area contributed by atoms with Crippen LogP contribution < -0.4 is 11.0 Å². The molecule has 1 aromatic carbocycles. The van der Waals surface area contributed by atoms with Crippen LogP contribution >= 0.6 is 0 Å². The summed E-state index contributed by atoms with van der Waals surface area (Å²) < 4.78 is 40.2. The van der Waals surface area contributed by atoms with Crippen LogP contribution in [0.4, 0.5) is 18.9 Å². The number of aromatic nitrogens is 2. The topological polar surface area (TPSA) is 76.3 Å². The van der Waals surface area contributed by atoms with Crippen molar-refractivity contribution in [2.45, 2.75) is 12.6 Å². The second kappa shape index (κ2) is 6.19. The summed E-state index contributed by atoms with van der Waals surface area (Å²) in [6, 6.07) is 4.88. The number of anilines is 1. The molecule has 1 atom stereocenters. The van der Waals surface area contributed by atoms with Gasteiger partial charge in [-0.25, -0.2) is 4.79 Å². The number of rotatable bonds is 3. The monoisotopic (exact) mass is 370 g/mol. The third-order valence-electron chi connectivity index (χ3n) is 4.49. The lowest BCUT2D eigenvalue weighted by Gasteiger charge is -2.18. The summed E-state index contributed by atoms with van der Waals surface area (Å²) in [6.45, 7) is -1.62. The summed E-state index contributed by atoms with van der Waals surface area (Å²) in [5.41, 5.74) is 1.48. The first kappa shape index (κ1) is 18.0. The summed E-state index contributed by atoms with van der Waals surface area (Å²) >= 11 is 0. The fourth-order valence-corrected chi connectivity index (χ4v) is 3.15. The van der Waals surface area contributed by atoms with E-state index in [1.54, 1.807) is 32.3 Å². The molecule has 2 amide bonds. The van der Waals surface area contributed by atoms with Crippen molar-refractivity contribution < 1.29 is 22.8 Å². The molecule has 26 heavy (non-hydrogen) atoms. The smallest absolute Gasteiger partial charge is 0.333 e. The zero-order valence-electron chi connectivity index (χ0n) is 14.1. The van der Waals surface area contributed by atoms with E-state index < -0.39 is 30.5 Å². The second-order valence-corrected chi connectivity index (χ2v) is 6.38. The van der Waals surface area contributed by atoms with Crippen molar-refractivity contribution in [2.24, 2.45) is 20.0 Å². The van der Waals surface area contributed by atoms with Crippen LogP contribution in [-0.4, -0.2) is 45.1 Å². The Morgan fingerprint density at radius 2 is 1.85 bits per heavy atom. The normalized spacial score (nSPS) is 18.0. The quantitative estimate of drug-likeness (QED) is 0.883. The molecular formula is C16H17F3N4O3. The summed E-state index contributed by atoms with van der Waals surface area (Å²) in [7, 11) is 3.23. The maximum Gasteiger partial charge on any atom is 0.406 e. The number of aryl methyl sites for hydroxylation is 2. The van der Waals surface area contributed by atoms with E-state index in [0.29, 0.717) is 21.6 Å². The van der Waals surface area contributed by atoms with Crippen LogP contribution in [0.1, 0.15) is 6.42 Å². The lowest BCUT2D eigenvalue weighted by Crippen LogP contribution is -2.36. The zero-order valence-corrected chi connectivity index (χ0v) is 14.1. The molecule has 0 aliphatic carbocycles. The number of hydrogen-bond donors (Lipinski definition) is 1. The van der Waals surface area contributed by atoms with E-state index in [2.05, 4.69) is 5.32 Å². The first-order valence-corrected chi connectivity index (χ1v) is 7.87. The average Bonchev–Trinajstić information content (AvgIpc) is 3.00. The molecule has 0 bridgehead atoms. The molecule has 1 unspecified atom stereocenters. The van der Waals surface area contributed by atoms with Crippen molar-refractivity contribution in [3.8, 4) is 0 Å². The van der Waals surface area contributed by atoms with E-state index in [0.717, 1.165) is 0 Å². The number of nitrogens with one attached hydrogen (secondary N) is 1. The molecule has 7 nitrogen and oxygen atoms in total. The number of carbonyl (C=O) groups excluding carboxylic acids is 2. The number of nitrogens with zero attached hydrogens (tertiary/aromatic N) is 3. The lowest BCUT2D eigenvalue weighted by atomic mass is 10.1. The summed E-state index contributed by atoms with van der Waals surface area (Å²) in [4.78, 5) is 36.6. The van der Waals surface area contributed by atoms with E-state index >= 15 is 0 Å².